The van der Waals surface area contributed by atoms with E-state index in [0.717, 1.165) is 18.2 Å². The van der Waals surface area contributed by atoms with Crippen molar-refractivity contribution in [3.05, 3.63) is 52.6 Å². The number of nitro benzene ring substituents is 1. The van der Waals surface area contributed by atoms with Gasteiger partial charge in [-0.25, -0.2) is 16.8 Å². The molecule has 12 heteroatoms. The zero-order chi connectivity index (χ0) is 23.4. The Hall–Kier alpha value is -2.70. The molecule has 2 aromatic carbocycles. The molecule has 0 aliphatic carbocycles. The third kappa shape index (κ3) is 5.51. The second-order valence-electron chi connectivity index (χ2n) is 6.74. The lowest BCUT2D eigenvalue weighted by Gasteiger charge is -2.21. The number of anilines is 1. The average molecular weight is 472 g/mol. The van der Waals surface area contributed by atoms with Crippen molar-refractivity contribution >= 4 is 31.4 Å². The zero-order valence-electron chi connectivity index (χ0n) is 17.6. The summed E-state index contributed by atoms with van der Waals surface area (Å²) in [6.45, 7) is 7.30. The number of nitro groups is 1. The van der Waals surface area contributed by atoms with E-state index in [9.17, 15) is 26.9 Å². The van der Waals surface area contributed by atoms with E-state index in [1.54, 1.807) is 27.7 Å². The van der Waals surface area contributed by atoms with Crippen molar-refractivity contribution in [2.24, 2.45) is 0 Å². The quantitative estimate of drug-likeness (QED) is 0.415. The highest BCUT2D eigenvalue weighted by Gasteiger charge is 2.28. The Labute approximate surface area is 182 Å². The number of rotatable bonds is 10. The Balaban J connectivity index is 2.62. The summed E-state index contributed by atoms with van der Waals surface area (Å²) >= 11 is 0. The first-order chi connectivity index (χ1) is 14.4. The second-order valence-corrected chi connectivity index (χ2v) is 10.3. The minimum Gasteiger partial charge on any atom is -0.489 e. The molecule has 0 aromatic heterocycles. The van der Waals surface area contributed by atoms with Crippen molar-refractivity contribution in [2.75, 3.05) is 17.8 Å². The molecule has 0 bridgehead atoms. The molecule has 170 valence electrons. The topological polar surface area (TPSA) is 136 Å². The lowest BCUT2D eigenvalue weighted by atomic mass is 10.3. The first-order valence-electron chi connectivity index (χ1n) is 9.51. The first-order valence-corrected chi connectivity index (χ1v) is 12.4. The van der Waals surface area contributed by atoms with Gasteiger partial charge in [0.05, 0.1) is 21.6 Å². The highest BCUT2D eigenvalue weighted by molar-refractivity contribution is 7.93. The predicted octanol–water partition coefficient (Wildman–Crippen LogP) is 3.21. The smallest absolute Gasteiger partial charge is 0.289 e. The van der Waals surface area contributed by atoms with E-state index in [-0.39, 0.29) is 35.5 Å². The molecule has 10 nitrogen and oxygen atoms in total. The molecule has 0 heterocycles. The molecule has 0 radical (unpaired) electrons. The predicted molar refractivity (Wildman–Crippen MR) is 116 cm³/mol. The standard InChI is InChI=1S/C19H25N3O7S2/c1-5-21(6-2)31(27,28)15-11-12-18(29-14(3)4)16(13-15)20-30(25,26)19-10-8-7-9-17(19)22(23)24/h7-14,20H,5-6H2,1-4H3. The molecular formula is C19H25N3O7S2. The Kier molecular flexibility index (Phi) is 7.63. The highest BCUT2D eigenvalue weighted by atomic mass is 32.2. The Morgan fingerprint density at radius 1 is 1.06 bits per heavy atom. The van der Waals surface area contributed by atoms with Crippen LogP contribution >= 0.6 is 0 Å². The fourth-order valence-electron chi connectivity index (χ4n) is 2.85. The van der Waals surface area contributed by atoms with E-state index in [1.807, 2.05) is 0 Å². The molecule has 0 saturated heterocycles. The third-order valence-corrected chi connectivity index (χ3v) is 7.71. The lowest BCUT2D eigenvalue weighted by molar-refractivity contribution is -0.387. The molecule has 2 rings (SSSR count). The summed E-state index contributed by atoms with van der Waals surface area (Å²) < 4.78 is 60.7. The van der Waals surface area contributed by atoms with Crippen molar-refractivity contribution in [2.45, 2.75) is 43.6 Å². The van der Waals surface area contributed by atoms with E-state index in [4.69, 9.17) is 4.74 Å². The number of benzene rings is 2. The van der Waals surface area contributed by atoms with E-state index in [2.05, 4.69) is 4.72 Å². The van der Waals surface area contributed by atoms with Gasteiger partial charge < -0.3 is 4.74 Å². The summed E-state index contributed by atoms with van der Waals surface area (Å²) in [6.07, 6.45) is -0.334. The first kappa shape index (κ1) is 24.6. The number of hydrogen-bond acceptors (Lipinski definition) is 7. The monoisotopic (exact) mass is 471 g/mol. The number of hydrogen-bond donors (Lipinski definition) is 1. The Bertz CT molecular complexity index is 1160. The number of para-hydroxylation sites is 1. The largest absolute Gasteiger partial charge is 0.489 e. The van der Waals surface area contributed by atoms with Crippen LogP contribution in [0.2, 0.25) is 0 Å². The molecule has 31 heavy (non-hydrogen) atoms. The molecule has 2 aromatic rings. The van der Waals surface area contributed by atoms with Gasteiger partial charge in [0.25, 0.3) is 15.7 Å². The molecule has 0 atom stereocenters. The van der Waals surface area contributed by atoms with Crippen LogP contribution in [0.3, 0.4) is 0 Å². The normalized spacial score (nSPS) is 12.2. The van der Waals surface area contributed by atoms with Gasteiger partial charge in [-0.1, -0.05) is 26.0 Å². The zero-order valence-corrected chi connectivity index (χ0v) is 19.2. The Morgan fingerprint density at radius 3 is 2.23 bits per heavy atom. The van der Waals surface area contributed by atoms with Crippen LogP contribution in [-0.2, 0) is 20.0 Å². The molecule has 1 N–H and O–H groups in total. The van der Waals surface area contributed by atoms with Gasteiger partial charge in [0.15, 0.2) is 4.90 Å². The molecule has 0 aliphatic heterocycles. The molecule has 0 spiro atoms. The van der Waals surface area contributed by atoms with Crippen LogP contribution < -0.4 is 9.46 Å². The van der Waals surface area contributed by atoms with Crippen LogP contribution in [-0.4, -0.2) is 45.3 Å². The molecule has 0 aliphatic rings. The van der Waals surface area contributed by atoms with Gasteiger partial charge in [-0.2, -0.15) is 4.31 Å². The highest BCUT2D eigenvalue weighted by Crippen LogP contribution is 2.33. The Morgan fingerprint density at radius 2 is 1.68 bits per heavy atom. The van der Waals surface area contributed by atoms with E-state index in [0.29, 0.717) is 0 Å². The van der Waals surface area contributed by atoms with Crippen LogP contribution in [0, 0.1) is 10.1 Å². The molecular weight excluding hydrogens is 446 g/mol. The summed E-state index contributed by atoms with van der Waals surface area (Å²) in [5.74, 6) is 0.0932. The van der Waals surface area contributed by atoms with Gasteiger partial charge in [0.2, 0.25) is 10.0 Å². The van der Waals surface area contributed by atoms with Gasteiger partial charge in [0, 0.05) is 19.2 Å². The van der Waals surface area contributed by atoms with Crippen LogP contribution in [0.1, 0.15) is 27.7 Å². The minimum absolute atomic E-state index is 0.0932. The maximum absolute atomic E-state index is 12.9. The minimum atomic E-state index is -4.42. The second kappa shape index (κ2) is 9.62. The van der Waals surface area contributed by atoms with Crippen LogP contribution in [0.25, 0.3) is 0 Å². The number of nitrogens with zero attached hydrogens (tertiary/aromatic N) is 2. The molecule has 0 amide bonds. The van der Waals surface area contributed by atoms with Gasteiger partial charge in [-0.15, -0.1) is 0 Å². The van der Waals surface area contributed by atoms with E-state index >= 15 is 0 Å². The SMILES string of the molecule is CCN(CC)S(=O)(=O)c1ccc(OC(C)C)c(NS(=O)(=O)c2ccccc2[N+](=O)[O-])c1. The summed E-state index contributed by atoms with van der Waals surface area (Å²) in [7, 11) is -8.30. The maximum Gasteiger partial charge on any atom is 0.289 e. The van der Waals surface area contributed by atoms with Crippen molar-refractivity contribution in [3.63, 3.8) is 0 Å². The van der Waals surface area contributed by atoms with Crippen molar-refractivity contribution in [1.82, 2.24) is 4.31 Å². The lowest BCUT2D eigenvalue weighted by Crippen LogP contribution is -2.30. The maximum atomic E-state index is 12.9. The van der Waals surface area contributed by atoms with Crippen molar-refractivity contribution < 1.29 is 26.5 Å². The average Bonchev–Trinajstić information content (AvgIpc) is 2.69. The summed E-state index contributed by atoms with van der Waals surface area (Å²) in [5, 5.41) is 11.3. The van der Waals surface area contributed by atoms with Crippen LogP contribution in [0.5, 0.6) is 5.75 Å². The molecule has 0 unspecified atom stereocenters. The van der Waals surface area contributed by atoms with Crippen molar-refractivity contribution in [1.29, 1.82) is 0 Å². The molecule has 0 saturated carbocycles. The fourth-order valence-corrected chi connectivity index (χ4v) is 5.57. The van der Waals surface area contributed by atoms with E-state index < -0.39 is 35.6 Å². The summed E-state index contributed by atoms with van der Waals surface area (Å²) in [4.78, 5) is 9.78. The van der Waals surface area contributed by atoms with Crippen molar-refractivity contribution in [3.8, 4) is 5.75 Å². The van der Waals surface area contributed by atoms with Crippen LogP contribution in [0.4, 0.5) is 11.4 Å². The van der Waals surface area contributed by atoms with Gasteiger partial charge in [0.1, 0.15) is 5.75 Å². The number of nitrogens with one attached hydrogen (secondary N) is 1. The number of sulfonamides is 2. The van der Waals surface area contributed by atoms with Gasteiger partial charge in [-0.05, 0) is 38.1 Å². The summed E-state index contributed by atoms with van der Waals surface area (Å²) in [6, 6.07) is 8.71. The van der Waals surface area contributed by atoms with Crippen LogP contribution in [0.15, 0.2) is 52.3 Å². The molecule has 0 fully saturated rings. The fraction of sp³-hybridized carbons (Fsp3) is 0.368. The van der Waals surface area contributed by atoms with Gasteiger partial charge >= 0.3 is 0 Å². The van der Waals surface area contributed by atoms with Gasteiger partial charge in [-0.3, -0.25) is 14.8 Å². The number of ether oxygens (including phenoxy) is 1. The van der Waals surface area contributed by atoms with E-state index in [1.165, 1.54) is 28.6 Å². The summed E-state index contributed by atoms with van der Waals surface area (Å²) in [5.41, 5.74) is -0.742. The third-order valence-electron chi connectivity index (χ3n) is 4.25.